The topological polar surface area (TPSA) is 37.0 Å². The minimum atomic E-state index is 0.433. The van der Waals surface area contributed by atoms with Gasteiger partial charge in [-0.25, -0.2) is 4.98 Å². The van der Waals surface area contributed by atoms with Crippen LogP contribution in [-0.4, -0.2) is 11.5 Å². The number of hydrogen-bond acceptors (Lipinski definition) is 3. The summed E-state index contributed by atoms with van der Waals surface area (Å²) in [6, 6.07) is 7.08. The molecule has 2 N–H and O–H groups in total. The third-order valence-electron chi connectivity index (χ3n) is 2.61. The molecule has 20 heavy (non-hydrogen) atoms. The Morgan fingerprint density at radius 3 is 2.55 bits per heavy atom. The molecule has 0 atom stereocenters. The van der Waals surface area contributed by atoms with Gasteiger partial charge in [0.1, 0.15) is 5.82 Å². The van der Waals surface area contributed by atoms with Crippen LogP contribution >= 0.6 is 34.8 Å². The maximum absolute atomic E-state index is 6.14. The molecule has 1 aromatic carbocycles. The second-order valence-electron chi connectivity index (χ2n) is 4.23. The molecule has 0 amide bonds. The second kappa shape index (κ2) is 7.02. The van der Waals surface area contributed by atoms with Gasteiger partial charge in [0, 0.05) is 24.5 Å². The Bertz CT molecular complexity index is 602. The zero-order chi connectivity index (χ0) is 14.5. The number of benzene rings is 1. The summed E-state index contributed by atoms with van der Waals surface area (Å²) < 4.78 is 0. The zero-order valence-electron chi connectivity index (χ0n) is 10.9. The van der Waals surface area contributed by atoms with Crippen LogP contribution in [0.3, 0.4) is 0 Å². The van der Waals surface area contributed by atoms with Gasteiger partial charge >= 0.3 is 0 Å². The highest BCUT2D eigenvalue weighted by Crippen LogP contribution is 2.34. The number of anilines is 3. The summed E-state index contributed by atoms with van der Waals surface area (Å²) in [5.41, 5.74) is 1.58. The average molecular weight is 331 g/mol. The van der Waals surface area contributed by atoms with Crippen molar-refractivity contribution in [3.63, 3.8) is 0 Å². The smallest absolute Gasteiger partial charge is 0.127 e. The average Bonchev–Trinajstić information content (AvgIpc) is 2.43. The number of pyridine rings is 1. The zero-order valence-corrected chi connectivity index (χ0v) is 13.1. The van der Waals surface area contributed by atoms with Gasteiger partial charge in [-0.05, 0) is 24.6 Å². The molecular weight excluding hydrogens is 317 g/mol. The van der Waals surface area contributed by atoms with E-state index in [0.29, 0.717) is 20.8 Å². The van der Waals surface area contributed by atoms with Gasteiger partial charge in [0.25, 0.3) is 0 Å². The minimum Gasteiger partial charge on any atom is -0.370 e. The van der Waals surface area contributed by atoms with Crippen molar-refractivity contribution >= 4 is 52.0 Å². The van der Waals surface area contributed by atoms with E-state index in [-0.39, 0.29) is 0 Å². The second-order valence-corrected chi connectivity index (χ2v) is 5.45. The fourth-order valence-electron chi connectivity index (χ4n) is 1.63. The van der Waals surface area contributed by atoms with Gasteiger partial charge < -0.3 is 10.6 Å². The quantitative estimate of drug-likeness (QED) is 0.700. The third-order valence-corrected chi connectivity index (χ3v) is 3.64. The number of rotatable bonds is 5. The molecule has 1 heterocycles. The number of nitrogens with one attached hydrogen (secondary N) is 2. The van der Waals surface area contributed by atoms with E-state index < -0.39 is 0 Å². The van der Waals surface area contributed by atoms with Crippen LogP contribution in [0.5, 0.6) is 0 Å². The van der Waals surface area contributed by atoms with Gasteiger partial charge in [-0.3, -0.25) is 0 Å². The molecule has 0 aliphatic rings. The first-order chi connectivity index (χ1) is 9.60. The molecule has 0 radical (unpaired) electrons. The van der Waals surface area contributed by atoms with Gasteiger partial charge in [-0.2, -0.15) is 0 Å². The molecule has 0 spiro atoms. The SMILES string of the molecule is CCCNc1cc(Nc2cc(Cl)c(Cl)cc2Cl)ccn1. The van der Waals surface area contributed by atoms with Gasteiger partial charge in [-0.15, -0.1) is 0 Å². The molecule has 0 aliphatic heterocycles. The summed E-state index contributed by atoms with van der Waals surface area (Å²) in [5, 5.41) is 7.83. The number of hydrogen-bond donors (Lipinski definition) is 2. The summed E-state index contributed by atoms with van der Waals surface area (Å²) in [7, 11) is 0. The molecular formula is C14H14Cl3N3. The predicted molar refractivity (Wildman–Crippen MR) is 87.8 cm³/mol. The van der Waals surface area contributed by atoms with Crippen molar-refractivity contribution in [1.29, 1.82) is 0 Å². The monoisotopic (exact) mass is 329 g/mol. The highest BCUT2D eigenvalue weighted by Gasteiger charge is 2.06. The fraction of sp³-hybridized carbons (Fsp3) is 0.214. The lowest BCUT2D eigenvalue weighted by Crippen LogP contribution is -2.02. The van der Waals surface area contributed by atoms with Crippen LogP contribution < -0.4 is 10.6 Å². The van der Waals surface area contributed by atoms with E-state index in [1.165, 1.54) is 0 Å². The Kier molecular flexibility index (Phi) is 5.35. The first-order valence-corrected chi connectivity index (χ1v) is 7.35. The summed E-state index contributed by atoms with van der Waals surface area (Å²) in [5.74, 6) is 0.813. The number of aromatic nitrogens is 1. The normalized spacial score (nSPS) is 10.4. The molecule has 3 nitrogen and oxygen atoms in total. The van der Waals surface area contributed by atoms with Crippen LogP contribution in [0.4, 0.5) is 17.2 Å². The summed E-state index contributed by atoms with van der Waals surface area (Å²) in [6.45, 7) is 2.98. The molecule has 0 saturated carbocycles. The van der Waals surface area contributed by atoms with Crippen molar-refractivity contribution < 1.29 is 0 Å². The van der Waals surface area contributed by atoms with E-state index in [4.69, 9.17) is 34.8 Å². The van der Waals surface area contributed by atoms with Crippen LogP contribution in [0.15, 0.2) is 30.5 Å². The van der Waals surface area contributed by atoms with Crippen molar-refractivity contribution in [1.82, 2.24) is 4.98 Å². The van der Waals surface area contributed by atoms with Crippen LogP contribution in [-0.2, 0) is 0 Å². The van der Waals surface area contributed by atoms with Gasteiger partial charge in [0.05, 0.1) is 20.8 Å². The number of halogens is 3. The molecule has 6 heteroatoms. The largest absolute Gasteiger partial charge is 0.370 e. The summed E-state index contributed by atoms with van der Waals surface area (Å²) in [4.78, 5) is 4.24. The van der Waals surface area contributed by atoms with Crippen molar-refractivity contribution in [2.24, 2.45) is 0 Å². The van der Waals surface area contributed by atoms with E-state index in [1.54, 1.807) is 18.3 Å². The molecule has 2 rings (SSSR count). The van der Waals surface area contributed by atoms with Crippen molar-refractivity contribution in [2.45, 2.75) is 13.3 Å². The maximum Gasteiger partial charge on any atom is 0.127 e. The summed E-state index contributed by atoms with van der Waals surface area (Å²) in [6.07, 6.45) is 2.77. The van der Waals surface area contributed by atoms with E-state index in [2.05, 4.69) is 22.5 Å². The Hall–Kier alpha value is -1.16. The molecule has 0 bridgehead atoms. The van der Waals surface area contributed by atoms with E-state index >= 15 is 0 Å². The molecule has 1 aromatic heterocycles. The van der Waals surface area contributed by atoms with Crippen LogP contribution in [0.2, 0.25) is 15.1 Å². The lowest BCUT2D eigenvalue weighted by Gasteiger charge is -2.11. The van der Waals surface area contributed by atoms with Crippen molar-refractivity contribution in [3.8, 4) is 0 Å². The Labute approximate surface area is 133 Å². The summed E-state index contributed by atoms with van der Waals surface area (Å²) >= 11 is 18.0. The van der Waals surface area contributed by atoms with Gasteiger partial charge in [0.2, 0.25) is 0 Å². The maximum atomic E-state index is 6.14. The van der Waals surface area contributed by atoms with Crippen LogP contribution in [0, 0.1) is 0 Å². The van der Waals surface area contributed by atoms with Crippen molar-refractivity contribution in [2.75, 3.05) is 17.2 Å². The molecule has 2 aromatic rings. The Balaban J connectivity index is 2.19. The van der Waals surface area contributed by atoms with E-state index in [9.17, 15) is 0 Å². The van der Waals surface area contributed by atoms with E-state index in [0.717, 1.165) is 24.5 Å². The molecule has 0 saturated heterocycles. The Morgan fingerprint density at radius 2 is 1.80 bits per heavy atom. The molecule has 0 unspecified atom stereocenters. The van der Waals surface area contributed by atoms with Gasteiger partial charge in [0.15, 0.2) is 0 Å². The van der Waals surface area contributed by atoms with Crippen LogP contribution in [0.25, 0.3) is 0 Å². The number of nitrogens with zero attached hydrogens (tertiary/aromatic N) is 1. The third kappa shape index (κ3) is 3.92. The Morgan fingerprint density at radius 1 is 1.05 bits per heavy atom. The first-order valence-electron chi connectivity index (χ1n) is 6.21. The fourth-order valence-corrected chi connectivity index (χ4v) is 2.23. The van der Waals surface area contributed by atoms with Crippen LogP contribution in [0.1, 0.15) is 13.3 Å². The minimum absolute atomic E-state index is 0.433. The van der Waals surface area contributed by atoms with Crippen molar-refractivity contribution in [3.05, 3.63) is 45.5 Å². The highest BCUT2D eigenvalue weighted by atomic mass is 35.5. The first kappa shape index (κ1) is 15.2. The lowest BCUT2D eigenvalue weighted by atomic mass is 10.3. The predicted octanol–water partition coefficient (Wildman–Crippen LogP) is 5.61. The van der Waals surface area contributed by atoms with Gasteiger partial charge in [-0.1, -0.05) is 41.7 Å². The standard InChI is InChI=1S/C14H14Cl3N3/c1-2-4-18-14-6-9(3-5-19-14)20-13-8-11(16)10(15)7-12(13)17/h3,5-8H,2,4H2,1H3,(H2,18,19,20). The molecule has 0 aliphatic carbocycles. The highest BCUT2D eigenvalue weighted by molar-refractivity contribution is 6.44. The molecule has 0 fully saturated rings. The lowest BCUT2D eigenvalue weighted by molar-refractivity contribution is 0.969. The van der Waals surface area contributed by atoms with E-state index in [1.807, 2.05) is 12.1 Å². The molecule has 106 valence electrons.